The third-order valence-electron chi connectivity index (χ3n) is 3.37. The van der Waals surface area contributed by atoms with Crippen molar-refractivity contribution < 1.29 is 14.3 Å². The number of nitrogens with one attached hydrogen (secondary N) is 1. The van der Waals surface area contributed by atoms with Gasteiger partial charge in [0.25, 0.3) is 0 Å². The van der Waals surface area contributed by atoms with Crippen molar-refractivity contribution in [1.29, 1.82) is 0 Å². The largest absolute Gasteiger partial charge is 0.369 e. The average Bonchev–Trinajstić information content (AvgIpc) is 2.79. The summed E-state index contributed by atoms with van der Waals surface area (Å²) < 4.78 is 10.7. The van der Waals surface area contributed by atoms with E-state index in [0.29, 0.717) is 19.8 Å². The number of primary amides is 1. The molecule has 1 aliphatic heterocycles. The molecule has 1 amide bonds. The Bertz CT molecular complexity index is 241. The molecule has 92 valence electrons. The maximum atomic E-state index is 11.3. The summed E-state index contributed by atoms with van der Waals surface area (Å²) in [6, 6.07) is 0.194. The van der Waals surface area contributed by atoms with E-state index in [9.17, 15) is 4.79 Å². The van der Waals surface area contributed by atoms with E-state index in [4.69, 9.17) is 15.2 Å². The van der Waals surface area contributed by atoms with Crippen molar-refractivity contribution in [3.63, 3.8) is 0 Å². The van der Waals surface area contributed by atoms with Crippen molar-refractivity contribution in [1.82, 2.24) is 5.32 Å². The highest BCUT2D eigenvalue weighted by Crippen LogP contribution is 2.24. The fraction of sp³-hybridized carbons (Fsp3) is 0.909. The van der Waals surface area contributed by atoms with Crippen molar-refractivity contribution in [3.8, 4) is 0 Å². The number of rotatable bonds is 4. The van der Waals surface area contributed by atoms with Crippen LogP contribution in [0.25, 0.3) is 0 Å². The second-order valence-electron chi connectivity index (χ2n) is 4.48. The molecular weight excluding hydrogens is 208 g/mol. The Kier molecular flexibility index (Phi) is 4.15. The maximum absolute atomic E-state index is 11.3. The van der Waals surface area contributed by atoms with Gasteiger partial charge in [-0.25, -0.2) is 0 Å². The van der Waals surface area contributed by atoms with E-state index in [2.05, 4.69) is 5.32 Å². The molecule has 0 aromatic carbocycles. The number of ether oxygens (including phenoxy) is 2. The second kappa shape index (κ2) is 5.61. The van der Waals surface area contributed by atoms with Crippen LogP contribution in [0, 0.1) is 5.92 Å². The molecule has 3 N–H and O–H groups in total. The highest BCUT2D eigenvalue weighted by Gasteiger charge is 2.30. The molecule has 0 aromatic heterocycles. The number of carbonyl (C=O) groups is 1. The summed E-state index contributed by atoms with van der Waals surface area (Å²) in [6.07, 6.45) is 4.02. The highest BCUT2D eigenvalue weighted by atomic mass is 16.7. The summed E-state index contributed by atoms with van der Waals surface area (Å²) in [5, 5.41) is 3.34. The first-order chi connectivity index (χ1) is 7.77. The van der Waals surface area contributed by atoms with Crippen molar-refractivity contribution in [2.75, 3.05) is 19.8 Å². The zero-order valence-corrected chi connectivity index (χ0v) is 9.48. The lowest BCUT2D eigenvalue weighted by atomic mass is 9.84. The molecule has 16 heavy (non-hydrogen) atoms. The summed E-state index contributed by atoms with van der Waals surface area (Å²) >= 11 is 0. The predicted molar refractivity (Wildman–Crippen MR) is 58.6 cm³/mol. The van der Waals surface area contributed by atoms with Gasteiger partial charge in [0, 0.05) is 12.6 Å². The molecule has 2 atom stereocenters. The molecule has 0 radical (unpaired) electrons. The van der Waals surface area contributed by atoms with E-state index in [1.807, 2.05) is 0 Å². The lowest BCUT2D eigenvalue weighted by Gasteiger charge is -2.30. The number of nitrogens with two attached hydrogens (primary N) is 1. The number of hydrogen-bond acceptors (Lipinski definition) is 4. The average molecular weight is 228 g/mol. The van der Waals surface area contributed by atoms with Crippen LogP contribution in [0.3, 0.4) is 0 Å². The van der Waals surface area contributed by atoms with E-state index >= 15 is 0 Å². The van der Waals surface area contributed by atoms with Gasteiger partial charge in [-0.1, -0.05) is 12.8 Å². The molecule has 2 rings (SSSR count). The summed E-state index contributed by atoms with van der Waals surface area (Å²) in [5.74, 6) is -0.222. The van der Waals surface area contributed by atoms with Crippen LogP contribution < -0.4 is 11.1 Å². The monoisotopic (exact) mass is 228 g/mol. The summed E-state index contributed by atoms with van der Waals surface area (Å²) in [6.45, 7) is 1.97. The molecule has 0 aromatic rings. The fourth-order valence-electron chi connectivity index (χ4n) is 2.49. The van der Waals surface area contributed by atoms with Crippen LogP contribution in [-0.2, 0) is 14.3 Å². The van der Waals surface area contributed by atoms with Crippen LogP contribution in [-0.4, -0.2) is 38.0 Å². The Hall–Kier alpha value is -0.650. The number of hydrogen-bond donors (Lipinski definition) is 2. The normalized spacial score (nSPS) is 31.8. The maximum Gasteiger partial charge on any atom is 0.222 e. The zero-order valence-electron chi connectivity index (χ0n) is 9.48. The Morgan fingerprint density at radius 3 is 2.62 bits per heavy atom. The van der Waals surface area contributed by atoms with Gasteiger partial charge >= 0.3 is 0 Å². The number of carbonyl (C=O) groups excluding carboxylic acids is 1. The van der Waals surface area contributed by atoms with Gasteiger partial charge in [-0.3, -0.25) is 4.79 Å². The van der Waals surface area contributed by atoms with Gasteiger partial charge in [0.05, 0.1) is 19.1 Å². The summed E-state index contributed by atoms with van der Waals surface area (Å²) in [5.41, 5.74) is 5.40. The van der Waals surface area contributed by atoms with Crippen molar-refractivity contribution in [3.05, 3.63) is 0 Å². The van der Waals surface area contributed by atoms with E-state index < -0.39 is 0 Å². The molecule has 1 saturated heterocycles. The molecule has 0 bridgehead atoms. The third kappa shape index (κ3) is 2.93. The first-order valence-electron chi connectivity index (χ1n) is 6.03. The minimum absolute atomic E-state index is 0.0323. The summed E-state index contributed by atoms with van der Waals surface area (Å²) in [7, 11) is 0. The molecule has 0 spiro atoms. The fourth-order valence-corrected chi connectivity index (χ4v) is 2.49. The van der Waals surface area contributed by atoms with Crippen LogP contribution in [0.1, 0.15) is 25.7 Å². The molecule has 2 fully saturated rings. The number of amides is 1. The van der Waals surface area contributed by atoms with Gasteiger partial charge in [0.15, 0.2) is 6.29 Å². The summed E-state index contributed by atoms with van der Waals surface area (Å²) in [4.78, 5) is 11.3. The standard InChI is InChI=1S/C11H20N2O3/c12-11(14)8-3-1-2-4-9(8)13-7-10-15-5-6-16-10/h8-10,13H,1-7H2,(H2,12,14). The van der Waals surface area contributed by atoms with Crippen molar-refractivity contribution in [2.45, 2.75) is 38.0 Å². The SMILES string of the molecule is NC(=O)C1CCCCC1NCC1OCCO1. The third-order valence-corrected chi connectivity index (χ3v) is 3.37. The minimum atomic E-state index is -0.189. The van der Waals surface area contributed by atoms with E-state index in [-0.39, 0.29) is 24.2 Å². The highest BCUT2D eigenvalue weighted by molar-refractivity contribution is 5.77. The lowest BCUT2D eigenvalue weighted by Crippen LogP contribution is -2.47. The molecule has 2 unspecified atom stereocenters. The Morgan fingerprint density at radius 2 is 1.94 bits per heavy atom. The quantitative estimate of drug-likeness (QED) is 0.710. The molecule has 5 nitrogen and oxygen atoms in total. The Balaban J connectivity index is 1.78. The van der Waals surface area contributed by atoms with Gasteiger partial charge in [0.2, 0.25) is 5.91 Å². The van der Waals surface area contributed by atoms with Crippen molar-refractivity contribution in [2.24, 2.45) is 11.7 Å². The Morgan fingerprint density at radius 1 is 1.25 bits per heavy atom. The second-order valence-corrected chi connectivity index (χ2v) is 4.48. The molecule has 1 saturated carbocycles. The zero-order chi connectivity index (χ0) is 11.4. The van der Waals surface area contributed by atoms with Gasteiger partial charge in [-0.05, 0) is 12.8 Å². The van der Waals surface area contributed by atoms with E-state index in [1.54, 1.807) is 0 Å². The molecule has 1 aliphatic carbocycles. The van der Waals surface area contributed by atoms with Gasteiger partial charge in [0.1, 0.15) is 0 Å². The van der Waals surface area contributed by atoms with Gasteiger partial charge in [-0.2, -0.15) is 0 Å². The molecule has 2 aliphatic rings. The van der Waals surface area contributed by atoms with E-state index in [0.717, 1.165) is 25.7 Å². The molecular formula is C11H20N2O3. The van der Waals surface area contributed by atoms with Gasteiger partial charge in [-0.15, -0.1) is 0 Å². The first kappa shape index (κ1) is 11.8. The topological polar surface area (TPSA) is 73.6 Å². The van der Waals surface area contributed by atoms with Crippen LogP contribution in [0.5, 0.6) is 0 Å². The van der Waals surface area contributed by atoms with Crippen LogP contribution in [0.15, 0.2) is 0 Å². The van der Waals surface area contributed by atoms with Crippen molar-refractivity contribution >= 4 is 5.91 Å². The Labute approximate surface area is 95.7 Å². The van der Waals surface area contributed by atoms with Gasteiger partial charge < -0.3 is 20.5 Å². The smallest absolute Gasteiger partial charge is 0.222 e. The first-order valence-corrected chi connectivity index (χ1v) is 6.03. The lowest BCUT2D eigenvalue weighted by molar-refractivity contribution is -0.123. The molecule has 5 heteroatoms. The van der Waals surface area contributed by atoms with E-state index in [1.165, 1.54) is 0 Å². The molecule has 1 heterocycles. The van der Waals surface area contributed by atoms with Crippen LogP contribution in [0.4, 0.5) is 0 Å². The predicted octanol–water partition coefficient (Wildman–Crippen LogP) is -0.00700. The van der Waals surface area contributed by atoms with Crippen LogP contribution >= 0.6 is 0 Å². The van der Waals surface area contributed by atoms with Crippen LogP contribution in [0.2, 0.25) is 0 Å². The minimum Gasteiger partial charge on any atom is -0.369 e.